The second-order valence-corrected chi connectivity index (χ2v) is 4.29. The maximum atomic E-state index is 11.9. The maximum Gasteiger partial charge on any atom is 0.354 e. The van der Waals surface area contributed by atoms with Gasteiger partial charge < -0.3 is 14.4 Å². The van der Waals surface area contributed by atoms with E-state index in [1.165, 1.54) is 4.57 Å². The molecule has 5 nitrogen and oxygen atoms in total. The molecule has 0 spiro atoms. The second kappa shape index (κ2) is 5.14. The number of nitrogens with zero attached hydrogens (tertiary/aromatic N) is 1. The Morgan fingerprint density at radius 2 is 2.05 bits per heavy atom. The van der Waals surface area contributed by atoms with Gasteiger partial charge in [0.05, 0.1) is 6.61 Å². The van der Waals surface area contributed by atoms with Crippen LogP contribution in [0.15, 0.2) is 24.3 Å². The van der Waals surface area contributed by atoms with Crippen LogP contribution in [0.5, 0.6) is 0 Å². The molecule has 2 aromatic rings. The summed E-state index contributed by atoms with van der Waals surface area (Å²) in [6.45, 7) is 3.65. The summed E-state index contributed by atoms with van der Waals surface area (Å²) in [6.07, 6.45) is 0. The van der Waals surface area contributed by atoms with E-state index < -0.39 is 11.9 Å². The number of carboxylic acid groups (broad SMARTS) is 1. The van der Waals surface area contributed by atoms with Gasteiger partial charge in [-0.15, -0.1) is 0 Å². The Kier molecular flexibility index (Phi) is 3.55. The van der Waals surface area contributed by atoms with Crippen molar-refractivity contribution in [3.8, 4) is 0 Å². The summed E-state index contributed by atoms with van der Waals surface area (Å²) in [6, 6.07) is 7.28. The fraction of sp³-hybridized carbons (Fsp3) is 0.286. The van der Waals surface area contributed by atoms with Gasteiger partial charge in [-0.3, -0.25) is 4.79 Å². The van der Waals surface area contributed by atoms with E-state index in [4.69, 9.17) is 9.84 Å². The molecular weight excluding hydrogens is 246 g/mol. The third-order valence-electron chi connectivity index (χ3n) is 2.83. The van der Waals surface area contributed by atoms with Crippen LogP contribution in [-0.2, 0) is 16.1 Å². The monoisotopic (exact) mass is 261 g/mol. The molecule has 0 aliphatic rings. The van der Waals surface area contributed by atoms with E-state index in [2.05, 4.69) is 0 Å². The van der Waals surface area contributed by atoms with Crippen molar-refractivity contribution in [2.45, 2.75) is 20.4 Å². The van der Waals surface area contributed by atoms with Crippen LogP contribution in [0.25, 0.3) is 10.9 Å². The van der Waals surface area contributed by atoms with Crippen LogP contribution in [0.1, 0.15) is 23.0 Å². The van der Waals surface area contributed by atoms with E-state index in [0.29, 0.717) is 0 Å². The van der Waals surface area contributed by atoms with Gasteiger partial charge in [0, 0.05) is 10.9 Å². The molecule has 0 amide bonds. The molecule has 0 atom stereocenters. The van der Waals surface area contributed by atoms with Gasteiger partial charge in [-0.25, -0.2) is 4.79 Å². The number of carbonyl (C=O) groups is 2. The van der Waals surface area contributed by atoms with E-state index in [1.807, 2.05) is 25.1 Å². The van der Waals surface area contributed by atoms with Crippen LogP contribution in [0.2, 0.25) is 0 Å². The molecule has 2 rings (SSSR count). The normalized spacial score (nSPS) is 10.6. The molecule has 0 bridgehead atoms. The number of esters is 1. The molecule has 0 aliphatic carbocycles. The minimum Gasteiger partial charge on any atom is -0.480 e. The lowest BCUT2D eigenvalue weighted by Crippen LogP contribution is -2.16. The molecule has 100 valence electrons. The van der Waals surface area contributed by atoms with Crippen molar-refractivity contribution >= 4 is 22.8 Å². The van der Waals surface area contributed by atoms with Gasteiger partial charge in [-0.05, 0) is 32.0 Å². The first-order valence-electron chi connectivity index (χ1n) is 6.01. The topological polar surface area (TPSA) is 68.5 Å². The van der Waals surface area contributed by atoms with E-state index in [9.17, 15) is 9.59 Å². The van der Waals surface area contributed by atoms with Crippen LogP contribution < -0.4 is 0 Å². The summed E-state index contributed by atoms with van der Waals surface area (Å²) >= 11 is 0. The molecule has 0 saturated carbocycles. The smallest absolute Gasteiger partial charge is 0.354 e. The first-order chi connectivity index (χ1) is 9.02. The Morgan fingerprint density at radius 1 is 1.32 bits per heavy atom. The number of fused-ring (bicyclic) bond motifs is 1. The fourth-order valence-corrected chi connectivity index (χ4v) is 2.07. The minimum absolute atomic E-state index is 0.256. The summed E-state index contributed by atoms with van der Waals surface area (Å²) in [4.78, 5) is 22.8. The minimum atomic E-state index is -0.997. The third-order valence-corrected chi connectivity index (χ3v) is 2.83. The zero-order valence-electron chi connectivity index (χ0n) is 10.8. The zero-order valence-corrected chi connectivity index (χ0v) is 10.8. The van der Waals surface area contributed by atoms with Gasteiger partial charge >= 0.3 is 11.9 Å². The number of hydrogen-bond donors (Lipinski definition) is 1. The SMILES string of the molecule is CCOC(=O)c1cc2cc(C)ccc2n1CC(=O)O. The number of aryl methyl sites for hydroxylation is 1. The largest absolute Gasteiger partial charge is 0.480 e. The zero-order chi connectivity index (χ0) is 14.0. The van der Waals surface area contributed by atoms with Crippen molar-refractivity contribution in [2.75, 3.05) is 6.61 Å². The van der Waals surface area contributed by atoms with E-state index in [-0.39, 0.29) is 18.8 Å². The Morgan fingerprint density at radius 3 is 2.68 bits per heavy atom. The lowest BCUT2D eigenvalue weighted by Gasteiger charge is -2.07. The molecule has 19 heavy (non-hydrogen) atoms. The fourth-order valence-electron chi connectivity index (χ4n) is 2.07. The number of carbonyl (C=O) groups excluding carboxylic acids is 1. The van der Waals surface area contributed by atoms with Crippen molar-refractivity contribution in [3.05, 3.63) is 35.5 Å². The van der Waals surface area contributed by atoms with Crippen LogP contribution >= 0.6 is 0 Å². The molecule has 0 saturated heterocycles. The highest BCUT2D eigenvalue weighted by Crippen LogP contribution is 2.22. The molecular formula is C14H15NO4. The van der Waals surface area contributed by atoms with Gasteiger partial charge in [0.1, 0.15) is 12.2 Å². The van der Waals surface area contributed by atoms with Gasteiger partial charge in [-0.2, -0.15) is 0 Å². The summed E-state index contributed by atoms with van der Waals surface area (Å²) < 4.78 is 6.42. The van der Waals surface area contributed by atoms with Crippen molar-refractivity contribution in [3.63, 3.8) is 0 Å². The van der Waals surface area contributed by atoms with E-state index in [0.717, 1.165) is 16.5 Å². The lowest BCUT2D eigenvalue weighted by molar-refractivity contribution is -0.137. The molecule has 1 heterocycles. The van der Waals surface area contributed by atoms with Crippen molar-refractivity contribution in [1.29, 1.82) is 0 Å². The number of aromatic nitrogens is 1. The number of ether oxygens (including phenoxy) is 1. The maximum absolute atomic E-state index is 11.9. The van der Waals surface area contributed by atoms with Crippen molar-refractivity contribution in [2.24, 2.45) is 0 Å². The Balaban J connectivity index is 2.60. The molecule has 0 radical (unpaired) electrons. The Hall–Kier alpha value is -2.30. The Bertz CT molecular complexity index is 642. The van der Waals surface area contributed by atoms with Crippen molar-refractivity contribution < 1.29 is 19.4 Å². The Labute approximate surface area is 110 Å². The van der Waals surface area contributed by atoms with Gasteiger partial charge in [0.25, 0.3) is 0 Å². The summed E-state index contributed by atoms with van der Waals surface area (Å²) in [5.74, 6) is -1.50. The highest BCUT2D eigenvalue weighted by molar-refractivity contribution is 5.96. The average molecular weight is 261 g/mol. The molecule has 1 aromatic heterocycles. The number of carboxylic acids is 1. The van der Waals surface area contributed by atoms with E-state index in [1.54, 1.807) is 13.0 Å². The average Bonchev–Trinajstić information content (AvgIpc) is 2.67. The van der Waals surface area contributed by atoms with Crippen LogP contribution in [0.4, 0.5) is 0 Å². The standard InChI is InChI=1S/C14H15NO4/c1-3-19-14(18)12-7-10-6-9(2)4-5-11(10)15(12)8-13(16)17/h4-7H,3,8H2,1-2H3,(H,16,17). The van der Waals surface area contributed by atoms with Crippen LogP contribution in [0, 0.1) is 6.92 Å². The third kappa shape index (κ3) is 2.59. The quantitative estimate of drug-likeness (QED) is 0.857. The number of rotatable bonds is 4. The first-order valence-corrected chi connectivity index (χ1v) is 6.01. The molecule has 1 aromatic carbocycles. The molecule has 5 heteroatoms. The second-order valence-electron chi connectivity index (χ2n) is 4.29. The van der Waals surface area contributed by atoms with Crippen LogP contribution in [0.3, 0.4) is 0 Å². The van der Waals surface area contributed by atoms with Crippen LogP contribution in [-0.4, -0.2) is 28.2 Å². The lowest BCUT2D eigenvalue weighted by atomic mass is 10.2. The number of aliphatic carboxylic acids is 1. The first kappa shape index (κ1) is 13.1. The summed E-state index contributed by atoms with van der Waals surface area (Å²) in [7, 11) is 0. The van der Waals surface area contributed by atoms with Gasteiger partial charge in [0.15, 0.2) is 0 Å². The molecule has 0 fully saturated rings. The predicted molar refractivity (Wildman–Crippen MR) is 70.3 cm³/mol. The summed E-state index contributed by atoms with van der Waals surface area (Å²) in [5.41, 5.74) is 2.04. The highest BCUT2D eigenvalue weighted by Gasteiger charge is 2.18. The summed E-state index contributed by atoms with van der Waals surface area (Å²) in [5, 5.41) is 9.80. The van der Waals surface area contributed by atoms with Gasteiger partial charge in [0.2, 0.25) is 0 Å². The highest BCUT2D eigenvalue weighted by atomic mass is 16.5. The molecule has 0 aliphatic heterocycles. The number of hydrogen-bond acceptors (Lipinski definition) is 3. The molecule has 1 N–H and O–H groups in total. The van der Waals surface area contributed by atoms with Gasteiger partial charge in [-0.1, -0.05) is 11.6 Å². The van der Waals surface area contributed by atoms with Crippen molar-refractivity contribution in [1.82, 2.24) is 4.57 Å². The number of benzene rings is 1. The molecule has 0 unspecified atom stereocenters. The predicted octanol–water partition coefficient (Wildman–Crippen LogP) is 2.21. The van der Waals surface area contributed by atoms with E-state index >= 15 is 0 Å².